The van der Waals surface area contributed by atoms with E-state index in [2.05, 4.69) is 4.98 Å². The van der Waals surface area contributed by atoms with E-state index in [1.165, 1.54) is 44.7 Å². The quantitative estimate of drug-likeness (QED) is 0.802. The van der Waals surface area contributed by atoms with E-state index in [-0.39, 0.29) is 22.9 Å². The molecule has 0 saturated carbocycles. The number of hydrogen-bond donors (Lipinski definition) is 0. The van der Waals surface area contributed by atoms with Gasteiger partial charge < -0.3 is 9.47 Å². The van der Waals surface area contributed by atoms with Crippen molar-refractivity contribution in [2.45, 2.75) is 19.8 Å². The maximum atomic E-state index is 14.7. The molecule has 0 aliphatic carbocycles. The summed E-state index contributed by atoms with van der Waals surface area (Å²) in [4.78, 5) is 3.91. The van der Waals surface area contributed by atoms with Gasteiger partial charge in [0.1, 0.15) is 11.6 Å². The number of halogens is 2. The minimum Gasteiger partial charge on any atom is -0.496 e. The summed E-state index contributed by atoms with van der Waals surface area (Å²) in [6.07, 6.45) is 4.35. The van der Waals surface area contributed by atoms with Crippen molar-refractivity contribution in [3.8, 4) is 11.5 Å². The van der Waals surface area contributed by atoms with Crippen molar-refractivity contribution in [1.82, 2.24) is 4.98 Å². The Hall–Kier alpha value is -2.43. The Morgan fingerprint density at radius 3 is 2.43 bits per heavy atom. The fourth-order valence-electron chi connectivity index (χ4n) is 2.37. The van der Waals surface area contributed by atoms with Crippen LogP contribution in [-0.4, -0.2) is 19.2 Å². The van der Waals surface area contributed by atoms with Crippen LogP contribution < -0.4 is 9.47 Å². The molecule has 3 nitrogen and oxygen atoms in total. The first kappa shape index (κ1) is 16.9. The fraction of sp³-hybridized carbons (Fsp3) is 0.278. The molecule has 0 atom stereocenters. The molecule has 0 aliphatic rings. The van der Waals surface area contributed by atoms with Crippen LogP contribution in [-0.2, 0) is 0 Å². The van der Waals surface area contributed by atoms with E-state index >= 15 is 0 Å². The van der Waals surface area contributed by atoms with Crippen LogP contribution in [0.3, 0.4) is 0 Å². The molecule has 0 amide bonds. The van der Waals surface area contributed by atoms with Gasteiger partial charge in [0, 0.05) is 17.3 Å². The van der Waals surface area contributed by atoms with E-state index in [4.69, 9.17) is 9.47 Å². The molecule has 0 fully saturated rings. The van der Waals surface area contributed by atoms with Gasteiger partial charge in [-0.25, -0.2) is 8.78 Å². The SMILES string of the molecule is COc1cc(/C=C/c2ncccc2F)c(F)c(OC)c1C(C)C. The Bertz CT molecular complexity index is 727. The van der Waals surface area contributed by atoms with Crippen molar-refractivity contribution in [3.63, 3.8) is 0 Å². The first-order valence-corrected chi connectivity index (χ1v) is 7.22. The van der Waals surface area contributed by atoms with Crippen LogP contribution in [0.5, 0.6) is 11.5 Å². The van der Waals surface area contributed by atoms with E-state index in [0.717, 1.165) is 0 Å². The molecule has 0 N–H and O–H groups in total. The highest BCUT2D eigenvalue weighted by Crippen LogP contribution is 2.39. The topological polar surface area (TPSA) is 31.4 Å². The summed E-state index contributed by atoms with van der Waals surface area (Å²) in [5.74, 6) is -0.285. The van der Waals surface area contributed by atoms with Crippen LogP contribution in [0.4, 0.5) is 8.78 Å². The molecule has 1 heterocycles. The fourth-order valence-corrected chi connectivity index (χ4v) is 2.37. The van der Waals surface area contributed by atoms with Crippen LogP contribution >= 0.6 is 0 Å². The van der Waals surface area contributed by atoms with Gasteiger partial charge in [-0.2, -0.15) is 0 Å². The molecule has 0 unspecified atom stereocenters. The molecule has 0 spiro atoms. The predicted octanol–water partition coefficient (Wildman–Crippen LogP) is 4.67. The lowest BCUT2D eigenvalue weighted by atomic mass is 9.97. The summed E-state index contributed by atoms with van der Waals surface area (Å²) in [5, 5.41) is 0. The number of methoxy groups -OCH3 is 2. The second-order valence-corrected chi connectivity index (χ2v) is 5.29. The zero-order valence-corrected chi connectivity index (χ0v) is 13.6. The van der Waals surface area contributed by atoms with E-state index in [1.54, 1.807) is 6.07 Å². The van der Waals surface area contributed by atoms with Gasteiger partial charge in [0.05, 0.1) is 19.9 Å². The molecule has 1 aromatic heterocycles. The minimum atomic E-state index is -0.510. The Labute approximate surface area is 134 Å². The third-order valence-electron chi connectivity index (χ3n) is 3.46. The molecule has 1 aromatic carbocycles. The number of nitrogens with zero attached hydrogens (tertiary/aromatic N) is 1. The number of pyridine rings is 1. The molecule has 0 aliphatic heterocycles. The molecular weight excluding hydrogens is 300 g/mol. The van der Waals surface area contributed by atoms with E-state index < -0.39 is 11.6 Å². The zero-order valence-electron chi connectivity index (χ0n) is 13.6. The predicted molar refractivity (Wildman–Crippen MR) is 86.7 cm³/mol. The van der Waals surface area contributed by atoms with E-state index in [1.807, 2.05) is 13.8 Å². The largest absolute Gasteiger partial charge is 0.496 e. The van der Waals surface area contributed by atoms with Gasteiger partial charge in [0.25, 0.3) is 0 Å². The highest BCUT2D eigenvalue weighted by atomic mass is 19.1. The van der Waals surface area contributed by atoms with Gasteiger partial charge in [-0.1, -0.05) is 13.8 Å². The first-order chi connectivity index (χ1) is 11.0. The van der Waals surface area contributed by atoms with Crippen molar-refractivity contribution in [1.29, 1.82) is 0 Å². The molecular formula is C18H19F2NO2. The number of aromatic nitrogens is 1. The second kappa shape index (κ2) is 7.22. The number of benzene rings is 1. The molecule has 0 radical (unpaired) electrons. The highest BCUT2D eigenvalue weighted by Gasteiger charge is 2.21. The zero-order chi connectivity index (χ0) is 17.0. The average molecular weight is 319 g/mol. The minimum absolute atomic E-state index is 0.0284. The third-order valence-corrected chi connectivity index (χ3v) is 3.46. The Balaban J connectivity index is 2.53. The molecule has 23 heavy (non-hydrogen) atoms. The molecule has 0 saturated heterocycles. The monoisotopic (exact) mass is 319 g/mol. The van der Waals surface area contributed by atoms with Gasteiger partial charge in [-0.05, 0) is 36.3 Å². The van der Waals surface area contributed by atoms with E-state index in [9.17, 15) is 8.78 Å². The smallest absolute Gasteiger partial charge is 0.172 e. The molecule has 122 valence electrons. The molecule has 5 heteroatoms. The number of hydrogen-bond acceptors (Lipinski definition) is 3. The maximum absolute atomic E-state index is 14.7. The highest BCUT2D eigenvalue weighted by molar-refractivity contribution is 5.71. The molecule has 2 aromatic rings. The lowest BCUT2D eigenvalue weighted by molar-refractivity contribution is 0.362. The Kier molecular flexibility index (Phi) is 5.32. The van der Waals surface area contributed by atoms with Crippen LogP contribution in [0.1, 0.15) is 36.6 Å². The number of rotatable bonds is 5. The summed E-state index contributed by atoms with van der Waals surface area (Å²) < 4.78 is 38.8. The summed E-state index contributed by atoms with van der Waals surface area (Å²) in [6.45, 7) is 3.86. The van der Waals surface area contributed by atoms with Crippen molar-refractivity contribution in [2.75, 3.05) is 14.2 Å². The number of ether oxygens (including phenoxy) is 2. The molecule has 0 bridgehead atoms. The molecule has 2 rings (SSSR count). The van der Waals surface area contributed by atoms with Gasteiger partial charge in [0.2, 0.25) is 0 Å². The average Bonchev–Trinajstić information content (AvgIpc) is 2.54. The van der Waals surface area contributed by atoms with Crippen LogP contribution in [0.25, 0.3) is 12.2 Å². The van der Waals surface area contributed by atoms with Crippen molar-refractivity contribution in [3.05, 3.63) is 52.9 Å². The summed E-state index contributed by atoms with van der Waals surface area (Å²) in [7, 11) is 2.93. The van der Waals surface area contributed by atoms with Crippen LogP contribution in [0.15, 0.2) is 24.4 Å². The lowest BCUT2D eigenvalue weighted by Gasteiger charge is -2.18. The van der Waals surface area contributed by atoms with Gasteiger partial charge in [0.15, 0.2) is 11.6 Å². The Morgan fingerprint density at radius 2 is 1.87 bits per heavy atom. The van der Waals surface area contributed by atoms with Gasteiger partial charge >= 0.3 is 0 Å². The normalized spacial score (nSPS) is 11.3. The van der Waals surface area contributed by atoms with Gasteiger partial charge in [-0.15, -0.1) is 0 Å². The first-order valence-electron chi connectivity index (χ1n) is 7.22. The standard InChI is InChI=1S/C18H19F2NO2/c1-11(2)16-15(22-3)10-12(17(20)18(16)23-4)7-8-14-13(19)6-5-9-21-14/h5-11H,1-4H3/b8-7+. The van der Waals surface area contributed by atoms with Crippen LogP contribution in [0.2, 0.25) is 0 Å². The third kappa shape index (κ3) is 3.50. The lowest BCUT2D eigenvalue weighted by Crippen LogP contribution is -2.03. The van der Waals surface area contributed by atoms with Crippen LogP contribution in [0, 0.1) is 11.6 Å². The van der Waals surface area contributed by atoms with E-state index in [0.29, 0.717) is 11.3 Å². The summed E-state index contributed by atoms with van der Waals surface area (Å²) >= 11 is 0. The Morgan fingerprint density at radius 1 is 1.13 bits per heavy atom. The van der Waals surface area contributed by atoms with Crippen molar-refractivity contribution in [2.24, 2.45) is 0 Å². The second-order valence-electron chi connectivity index (χ2n) is 5.29. The van der Waals surface area contributed by atoms with Crippen molar-refractivity contribution >= 4 is 12.2 Å². The maximum Gasteiger partial charge on any atom is 0.172 e. The van der Waals surface area contributed by atoms with Gasteiger partial charge in [-0.3, -0.25) is 4.98 Å². The summed E-state index contributed by atoms with van der Waals surface area (Å²) in [6, 6.07) is 4.37. The van der Waals surface area contributed by atoms with Crippen molar-refractivity contribution < 1.29 is 18.3 Å². The summed E-state index contributed by atoms with van der Waals surface area (Å²) in [5.41, 5.74) is 1.04.